The topological polar surface area (TPSA) is 42.7 Å². The van der Waals surface area contributed by atoms with Crippen molar-refractivity contribution in [3.8, 4) is 0 Å². The summed E-state index contributed by atoms with van der Waals surface area (Å²) >= 11 is 0. The van der Waals surface area contributed by atoms with E-state index in [-0.39, 0.29) is 17.3 Å². The lowest BCUT2D eigenvalue weighted by Gasteiger charge is -2.35. The summed E-state index contributed by atoms with van der Waals surface area (Å²) in [6, 6.07) is 3.73. The molecule has 1 aromatic heterocycles. The van der Waals surface area contributed by atoms with E-state index in [1.165, 1.54) is 20.0 Å². The molecular weight excluding hydrogens is 230 g/mol. The summed E-state index contributed by atoms with van der Waals surface area (Å²) in [6.07, 6.45) is 2.41. The monoisotopic (exact) mass is 251 g/mol. The zero-order valence-corrected chi connectivity index (χ0v) is 11.5. The third kappa shape index (κ3) is 2.29. The second-order valence-electron chi connectivity index (χ2n) is 5.48. The first kappa shape index (κ1) is 13.1. The van der Waals surface area contributed by atoms with Gasteiger partial charge in [0.05, 0.1) is 13.2 Å². The van der Waals surface area contributed by atoms with Crippen LogP contribution in [-0.4, -0.2) is 30.1 Å². The molecule has 2 heterocycles. The van der Waals surface area contributed by atoms with E-state index in [1.807, 2.05) is 6.07 Å². The van der Waals surface area contributed by atoms with Gasteiger partial charge in [-0.2, -0.15) is 0 Å². The number of methoxy groups -OCH3 is 1. The summed E-state index contributed by atoms with van der Waals surface area (Å²) in [6.45, 7) is 7.69. The Balaban J connectivity index is 2.16. The van der Waals surface area contributed by atoms with Crippen molar-refractivity contribution in [3.05, 3.63) is 23.7 Å². The average Bonchev–Trinajstić information content (AvgIpc) is 2.93. The zero-order valence-electron chi connectivity index (χ0n) is 11.5. The molecule has 0 spiro atoms. The van der Waals surface area contributed by atoms with E-state index < -0.39 is 5.97 Å². The first-order chi connectivity index (χ1) is 8.45. The smallest absolute Gasteiger partial charge is 0.373 e. The molecule has 1 aromatic rings. The molecule has 1 atom stereocenters. The first-order valence-corrected chi connectivity index (χ1v) is 6.40. The SMILES string of the molecule is COC(=O)c1ccc(C(C)N2CCCC2(C)C)o1. The quantitative estimate of drug-likeness (QED) is 0.774. The van der Waals surface area contributed by atoms with Crippen LogP contribution in [0.15, 0.2) is 16.5 Å². The van der Waals surface area contributed by atoms with Crippen LogP contribution in [0.2, 0.25) is 0 Å². The van der Waals surface area contributed by atoms with Crippen LogP contribution < -0.4 is 0 Å². The summed E-state index contributed by atoms with van der Waals surface area (Å²) < 4.78 is 10.2. The van der Waals surface area contributed by atoms with Crippen molar-refractivity contribution in [2.24, 2.45) is 0 Å². The minimum absolute atomic E-state index is 0.181. The Kier molecular flexibility index (Phi) is 3.48. The van der Waals surface area contributed by atoms with Gasteiger partial charge in [0, 0.05) is 5.54 Å². The van der Waals surface area contributed by atoms with Crippen LogP contribution in [0.25, 0.3) is 0 Å². The van der Waals surface area contributed by atoms with E-state index in [9.17, 15) is 4.79 Å². The molecule has 4 nitrogen and oxygen atoms in total. The average molecular weight is 251 g/mol. The molecule has 0 aliphatic carbocycles. The number of furan rings is 1. The molecule has 18 heavy (non-hydrogen) atoms. The lowest BCUT2D eigenvalue weighted by Crippen LogP contribution is -2.39. The molecule has 1 saturated heterocycles. The van der Waals surface area contributed by atoms with Gasteiger partial charge in [0.1, 0.15) is 5.76 Å². The van der Waals surface area contributed by atoms with Crippen molar-refractivity contribution in [2.45, 2.75) is 45.2 Å². The number of carbonyl (C=O) groups excluding carboxylic acids is 1. The molecule has 100 valence electrons. The van der Waals surface area contributed by atoms with E-state index in [0.717, 1.165) is 12.3 Å². The van der Waals surface area contributed by atoms with Crippen molar-refractivity contribution in [1.29, 1.82) is 0 Å². The molecule has 0 N–H and O–H groups in total. The number of ether oxygens (including phenoxy) is 1. The van der Waals surface area contributed by atoms with E-state index >= 15 is 0 Å². The Morgan fingerprint density at radius 2 is 2.22 bits per heavy atom. The van der Waals surface area contributed by atoms with Crippen LogP contribution in [0.5, 0.6) is 0 Å². The van der Waals surface area contributed by atoms with Gasteiger partial charge in [-0.1, -0.05) is 0 Å². The highest BCUT2D eigenvalue weighted by atomic mass is 16.5. The van der Waals surface area contributed by atoms with Gasteiger partial charge in [-0.05, 0) is 52.3 Å². The molecule has 0 aromatic carbocycles. The van der Waals surface area contributed by atoms with Crippen molar-refractivity contribution in [2.75, 3.05) is 13.7 Å². The van der Waals surface area contributed by atoms with Crippen LogP contribution in [-0.2, 0) is 4.74 Å². The molecule has 2 rings (SSSR count). The third-order valence-corrected chi connectivity index (χ3v) is 3.86. The number of hydrogen-bond donors (Lipinski definition) is 0. The van der Waals surface area contributed by atoms with Gasteiger partial charge in [-0.25, -0.2) is 4.79 Å². The van der Waals surface area contributed by atoms with Crippen molar-refractivity contribution >= 4 is 5.97 Å². The fourth-order valence-corrected chi connectivity index (χ4v) is 2.79. The van der Waals surface area contributed by atoms with Gasteiger partial charge in [0.15, 0.2) is 0 Å². The predicted octanol–water partition coefficient (Wildman–Crippen LogP) is 3.00. The normalized spacial score (nSPS) is 20.9. The standard InChI is InChI=1S/C14H21NO3/c1-10(15-9-5-8-14(15,2)3)11-6-7-12(18-11)13(16)17-4/h6-7,10H,5,8-9H2,1-4H3. The van der Waals surface area contributed by atoms with E-state index in [1.54, 1.807) is 6.07 Å². The van der Waals surface area contributed by atoms with Gasteiger partial charge >= 0.3 is 5.97 Å². The molecule has 4 heteroatoms. The first-order valence-electron chi connectivity index (χ1n) is 6.40. The second-order valence-corrected chi connectivity index (χ2v) is 5.48. The van der Waals surface area contributed by atoms with Crippen molar-refractivity contribution < 1.29 is 13.9 Å². The summed E-state index contributed by atoms with van der Waals surface area (Å²) in [7, 11) is 1.36. The van der Waals surface area contributed by atoms with Gasteiger partial charge in [-0.3, -0.25) is 4.90 Å². The molecule has 1 fully saturated rings. The Morgan fingerprint density at radius 3 is 2.78 bits per heavy atom. The predicted molar refractivity (Wildman–Crippen MR) is 68.5 cm³/mol. The van der Waals surface area contributed by atoms with Crippen molar-refractivity contribution in [3.63, 3.8) is 0 Å². The summed E-state index contributed by atoms with van der Waals surface area (Å²) in [5.74, 6) is 0.677. The van der Waals surface area contributed by atoms with E-state index in [0.29, 0.717) is 0 Å². The summed E-state index contributed by atoms with van der Waals surface area (Å²) in [5.41, 5.74) is 0.192. The minimum Gasteiger partial charge on any atom is -0.463 e. The van der Waals surface area contributed by atoms with E-state index in [4.69, 9.17) is 4.42 Å². The molecule has 0 saturated carbocycles. The Hall–Kier alpha value is -1.29. The zero-order chi connectivity index (χ0) is 13.3. The molecule has 1 aliphatic rings. The van der Waals surface area contributed by atoms with Gasteiger partial charge in [0.25, 0.3) is 0 Å². The highest BCUT2D eigenvalue weighted by molar-refractivity contribution is 5.86. The molecular formula is C14H21NO3. The minimum atomic E-state index is -0.422. The molecule has 0 radical (unpaired) electrons. The van der Waals surface area contributed by atoms with Gasteiger partial charge in [0.2, 0.25) is 5.76 Å². The molecule has 1 unspecified atom stereocenters. The highest BCUT2D eigenvalue weighted by Gasteiger charge is 2.36. The number of hydrogen-bond acceptors (Lipinski definition) is 4. The molecule has 0 amide bonds. The fourth-order valence-electron chi connectivity index (χ4n) is 2.79. The Bertz CT molecular complexity index is 436. The number of nitrogens with zero attached hydrogens (tertiary/aromatic N) is 1. The fraction of sp³-hybridized carbons (Fsp3) is 0.643. The second kappa shape index (κ2) is 4.76. The summed E-state index contributed by atoms with van der Waals surface area (Å²) in [5, 5.41) is 0. The Labute approximate surface area is 108 Å². The van der Waals surface area contributed by atoms with Crippen LogP contribution in [0.4, 0.5) is 0 Å². The maximum Gasteiger partial charge on any atom is 0.373 e. The van der Waals surface area contributed by atoms with E-state index in [2.05, 4.69) is 30.4 Å². The maximum atomic E-state index is 11.4. The Morgan fingerprint density at radius 1 is 1.50 bits per heavy atom. The molecule has 1 aliphatic heterocycles. The number of carbonyl (C=O) groups is 1. The lowest BCUT2D eigenvalue weighted by atomic mass is 10.0. The highest BCUT2D eigenvalue weighted by Crippen LogP contribution is 2.36. The lowest BCUT2D eigenvalue weighted by molar-refractivity contribution is 0.0554. The van der Waals surface area contributed by atoms with Crippen LogP contribution >= 0.6 is 0 Å². The third-order valence-electron chi connectivity index (χ3n) is 3.86. The maximum absolute atomic E-state index is 11.4. The summed E-state index contributed by atoms with van der Waals surface area (Å²) in [4.78, 5) is 13.8. The van der Waals surface area contributed by atoms with Gasteiger partial charge < -0.3 is 9.15 Å². The van der Waals surface area contributed by atoms with Gasteiger partial charge in [-0.15, -0.1) is 0 Å². The molecule has 0 bridgehead atoms. The van der Waals surface area contributed by atoms with Crippen LogP contribution in [0, 0.1) is 0 Å². The number of esters is 1. The number of likely N-dealkylation sites (tertiary alicyclic amines) is 1. The van der Waals surface area contributed by atoms with Crippen molar-refractivity contribution in [1.82, 2.24) is 4.90 Å². The van der Waals surface area contributed by atoms with Crippen LogP contribution in [0.3, 0.4) is 0 Å². The number of rotatable bonds is 3. The largest absolute Gasteiger partial charge is 0.463 e. The van der Waals surface area contributed by atoms with Crippen LogP contribution in [0.1, 0.15) is 56.0 Å².